The third-order valence-electron chi connectivity index (χ3n) is 4.60. The van der Waals surface area contributed by atoms with Gasteiger partial charge in [0, 0.05) is 11.9 Å². The van der Waals surface area contributed by atoms with E-state index in [0.717, 1.165) is 16.9 Å². The van der Waals surface area contributed by atoms with Crippen molar-refractivity contribution >= 4 is 22.7 Å². The standard InChI is InChI=1S/C23H21N3O2S/c1-16-8-3-6-12-20(16)28-14-15-29-23-25-19-11-5-4-10-18(19)22(27)26(23)21-17(2)9-7-13-24-21/h3-13H,14-15H2,1-2H3. The maximum absolute atomic E-state index is 13.2. The molecule has 4 rings (SSSR count). The molecule has 29 heavy (non-hydrogen) atoms. The van der Waals surface area contributed by atoms with Crippen LogP contribution < -0.4 is 10.3 Å². The number of hydrogen-bond acceptors (Lipinski definition) is 5. The summed E-state index contributed by atoms with van der Waals surface area (Å²) in [6, 6.07) is 19.1. The van der Waals surface area contributed by atoms with Crippen molar-refractivity contribution in [3.8, 4) is 11.6 Å². The van der Waals surface area contributed by atoms with E-state index in [4.69, 9.17) is 9.72 Å². The highest BCUT2D eigenvalue weighted by Gasteiger charge is 2.15. The molecule has 0 aliphatic rings. The lowest BCUT2D eigenvalue weighted by Gasteiger charge is -2.14. The van der Waals surface area contributed by atoms with Crippen molar-refractivity contribution in [3.63, 3.8) is 0 Å². The predicted molar refractivity (Wildman–Crippen MR) is 117 cm³/mol. The lowest BCUT2D eigenvalue weighted by atomic mass is 10.2. The molecule has 5 nitrogen and oxygen atoms in total. The highest BCUT2D eigenvalue weighted by atomic mass is 32.2. The van der Waals surface area contributed by atoms with Gasteiger partial charge < -0.3 is 4.74 Å². The van der Waals surface area contributed by atoms with Crippen LogP contribution in [0.15, 0.2) is 76.8 Å². The first-order valence-corrected chi connectivity index (χ1v) is 10.4. The van der Waals surface area contributed by atoms with Gasteiger partial charge >= 0.3 is 0 Å². The number of fused-ring (bicyclic) bond motifs is 1. The lowest BCUT2D eigenvalue weighted by Crippen LogP contribution is -2.23. The maximum atomic E-state index is 13.2. The fourth-order valence-corrected chi connectivity index (χ4v) is 3.92. The molecule has 6 heteroatoms. The van der Waals surface area contributed by atoms with Gasteiger partial charge in [0.05, 0.1) is 17.5 Å². The summed E-state index contributed by atoms with van der Waals surface area (Å²) in [5.74, 6) is 2.14. The second kappa shape index (κ2) is 8.49. The maximum Gasteiger partial charge on any atom is 0.267 e. The molecule has 2 aromatic heterocycles. The molecule has 0 amide bonds. The molecule has 0 aliphatic heterocycles. The van der Waals surface area contributed by atoms with E-state index in [1.165, 1.54) is 11.8 Å². The van der Waals surface area contributed by atoms with Gasteiger partial charge in [-0.3, -0.25) is 4.79 Å². The molecule has 0 unspecified atom stereocenters. The van der Waals surface area contributed by atoms with Crippen LogP contribution >= 0.6 is 11.8 Å². The smallest absolute Gasteiger partial charge is 0.267 e. The molecule has 2 heterocycles. The van der Waals surface area contributed by atoms with Gasteiger partial charge in [-0.15, -0.1) is 0 Å². The average Bonchev–Trinajstić information content (AvgIpc) is 2.73. The number of aryl methyl sites for hydroxylation is 2. The van der Waals surface area contributed by atoms with Crippen molar-refractivity contribution in [2.45, 2.75) is 19.0 Å². The molecule has 0 radical (unpaired) electrons. The Morgan fingerprint density at radius 3 is 2.55 bits per heavy atom. The number of hydrogen-bond donors (Lipinski definition) is 0. The first-order valence-electron chi connectivity index (χ1n) is 9.40. The number of para-hydroxylation sites is 2. The van der Waals surface area contributed by atoms with Gasteiger partial charge in [0.15, 0.2) is 5.16 Å². The number of benzene rings is 2. The summed E-state index contributed by atoms with van der Waals surface area (Å²) in [5, 5.41) is 1.20. The summed E-state index contributed by atoms with van der Waals surface area (Å²) < 4.78 is 7.50. The Kier molecular flexibility index (Phi) is 5.62. The molecule has 146 valence electrons. The highest BCUT2D eigenvalue weighted by molar-refractivity contribution is 7.99. The van der Waals surface area contributed by atoms with Crippen LogP contribution in [0.5, 0.6) is 5.75 Å². The molecule has 0 aliphatic carbocycles. The average molecular weight is 404 g/mol. The Morgan fingerprint density at radius 1 is 0.966 bits per heavy atom. The van der Waals surface area contributed by atoms with Gasteiger partial charge in [0.2, 0.25) is 0 Å². The van der Waals surface area contributed by atoms with Crippen LogP contribution in [0.4, 0.5) is 0 Å². The molecule has 0 spiro atoms. The Morgan fingerprint density at radius 2 is 1.72 bits per heavy atom. The molecule has 0 atom stereocenters. The van der Waals surface area contributed by atoms with E-state index >= 15 is 0 Å². The normalized spacial score (nSPS) is 11.0. The number of aromatic nitrogens is 3. The largest absolute Gasteiger partial charge is 0.492 e. The van der Waals surface area contributed by atoms with Crippen molar-refractivity contribution in [2.24, 2.45) is 0 Å². The number of thioether (sulfide) groups is 1. The van der Waals surface area contributed by atoms with E-state index in [0.29, 0.717) is 34.2 Å². The molecule has 0 saturated carbocycles. The van der Waals surface area contributed by atoms with Crippen LogP contribution in [-0.4, -0.2) is 26.9 Å². The van der Waals surface area contributed by atoms with Gasteiger partial charge in [-0.1, -0.05) is 48.2 Å². The summed E-state index contributed by atoms with van der Waals surface area (Å²) in [5.41, 5.74) is 2.59. The Balaban J connectivity index is 1.66. The van der Waals surface area contributed by atoms with E-state index in [2.05, 4.69) is 4.98 Å². The van der Waals surface area contributed by atoms with Gasteiger partial charge in [-0.25, -0.2) is 14.5 Å². The second-order valence-electron chi connectivity index (χ2n) is 6.66. The zero-order valence-electron chi connectivity index (χ0n) is 16.3. The van der Waals surface area contributed by atoms with Crippen LogP contribution in [0, 0.1) is 13.8 Å². The molecule has 2 aromatic carbocycles. The Bertz CT molecular complexity index is 1220. The molecule has 0 saturated heterocycles. The number of rotatable bonds is 6. The van der Waals surface area contributed by atoms with E-state index in [9.17, 15) is 4.79 Å². The first-order chi connectivity index (χ1) is 14.1. The van der Waals surface area contributed by atoms with Crippen molar-refractivity contribution in [3.05, 3.63) is 88.3 Å². The zero-order valence-corrected chi connectivity index (χ0v) is 17.1. The van der Waals surface area contributed by atoms with Crippen LogP contribution in [-0.2, 0) is 0 Å². The summed E-state index contributed by atoms with van der Waals surface area (Å²) >= 11 is 1.49. The fourth-order valence-electron chi connectivity index (χ4n) is 3.11. The lowest BCUT2D eigenvalue weighted by molar-refractivity contribution is 0.341. The molecule has 0 fully saturated rings. The number of ether oxygens (including phenoxy) is 1. The fraction of sp³-hybridized carbons (Fsp3) is 0.174. The van der Waals surface area contributed by atoms with Crippen molar-refractivity contribution in [1.29, 1.82) is 0 Å². The van der Waals surface area contributed by atoms with Crippen LogP contribution in [0.2, 0.25) is 0 Å². The third kappa shape index (κ3) is 4.03. The monoisotopic (exact) mass is 403 g/mol. The topological polar surface area (TPSA) is 57.0 Å². The van der Waals surface area contributed by atoms with Crippen molar-refractivity contribution in [1.82, 2.24) is 14.5 Å². The number of nitrogens with zero attached hydrogens (tertiary/aromatic N) is 3. The molecule has 4 aromatic rings. The predicted octanol–water partition coefficient (Wildman–Crippen LogP) is 4.57. The van der Waals surface area contributed by atoms with Gasteiger partial charge in [0.25, 0.3) is 5.56 Å². The third-order valence-corrected chi connectivity index (χ3v) is 5.51. The molecular formula is C23H21N3O2S. The van der Waals surface area contributed by atoms with Gasteiger partial charge in [0.1, 0.15) is 11.6 Å². The molecule has 0 N–H and O–H groups in total. The molecular weight excluding hydrogens is 382 g/mol. The van der Waals surface area contributed by atoms with E-state index in [1.807, 2.05) is 68.4 Å². The first kappa shape index (κ1) is 19.2. The minimum absolute atomic E-state index is 0.111. The SMILES string of the molecule is Cc1ccccc1OCCSc1nc2ccccc2c(=O)n1-c1ncccc1C. The summed E-state index contributed by atoms with van der Waals surface area (Å²) in [6.45, 7) is 4.48. The van der Waals surface area contributed by atoms with Crippen LogP contribution in [0.1, 0.15) is 11.1 Å². The summed E-state index contributed by atoms with van der Waals surface area (Å²) in [6.07, 6.45) is 1.69. The number of pyridine rings is 1. The van der Waals surface area contributed by atoms with Gasteiger partial charge in [-0.05, 0) is 49.2 Å². The quantitative estimate of drug-likeness (QED) is 0.268. The Labute approximate surface area is 173 Å². The molecule has 0 bridgehead atoms. The van der Waals surface area contributed by atoms with E-state index in [1.54, 1.807) is 16.8 Å². The van der Waals surface area contributed by atoms with Crippen LogP contribution in [0.25, 0.3) is 16.7 Å². The summed E-state index contributed by atoms with van der Waals surface area (Å²) in [4.78, 5) is 22.4. The summed E-state index contributed by atoms with van der Waals surface area (Å²) in [7, 11) is 0. The van der Waals surface area contributed by atoms with Gasteiger partial charge in [-0.2, -0.15) is 0 Å². The van der Waals surface area contributed by atoms with E-state index in [-0.39, 0.29) is 5.56 Å². The van der Waals surface area contributed by atoms with Crippen LogP contribution in [0.3, 0.4) is 0 Å². The highest BCUT2D eigenvalue weighted by Crippen LogP contribution is 2.23. The zero-order chi connectivity index (χ0) is 20.2. The minimum atomic E-state index is -0.111. The second-order valence-corrected chi connectivity index (χ2v) is 7.72. The minimum Gasteiger partial charge on any atom is -0.492 e. The van der Waals surface area contributed by atoms with Crippen molar-refractivity contribution in [2.75, 3.05) is 12.4 Å². The Hall–Kier alpha value is -3.12. The van der Waals surface area contributed by atoms with E-state index < -0.39 is 0 Å². The van der Waals surface area contributed by atoms with Crippen molar-refractivity contribution < 1.29 is 4.74 Å².